The average molecular weight is 360 g/mol. The molecule has 1 atom stereocenters. The smallest absolute Gasteiger partial charge is 0.0659 e. The van der Waals surface area contributed by atoms with Gasteiger partial charge < -0.3 is 0 Å². The largest absolute Gasteiger partial charge is 0.268 e. The molecule has 2 aromatic carbocycles. The van der Waals surface area contributed by atoms with Crippen molar-refractivity contribution in [2.24, 2.45) is 5.10 Å². The first-order chi connectivity index (χ1) is 12.8. The predicted molar refractivity (Wildman–Crippen MR) is 107 cm³/mol. The molecule has 1 unspecified atom stereocenters. The van der Waals surface area contributed by atoms with Crippen molar-refractivity contribution in [3.8, 4) is 0 Å². The molecule has 0 aliphatic carbocycles. The number of benzene rings is 2. The van der Waals surface area contributed by atoms with Crippen LogP contribution in [0.15, 0.2) is 90.4 Å². The molecule has 0 saturated carbocycles. The van der Waals surface area contributed by atoms with Crippen LogP contribution in [0.3, 0.4) is 0 Å². The second kappa shape index (κ2) is 7.54. The molecule has 0 saturated heterocycles. The fourth-order valence-electron chi connectivity index (χ4n) is 3.10. The monoisotopic (exact) mass is 359 g/mol. The number of hydrogen-bond acceptors (Lipinski definition) is 3. The van der Waals surface area contributed by atoms with Crippen molar-refractivity contribution in [2.75, 3.05) is 0 Å². The zero-order valence-electron chi connectivity index (χ0n) is 14.2. The van der Waals surface area contributed by atoms with Crippen LogP contribution in [-0.4, -0.2) is 16.2 Å². The lowest BCUT2D eigenvalue weighted by Crippen LogP contribution is -2.19. The van der Waals surface area contributed by atoms with Crippen LogP contribution in [0.4, 0.5) is 0 Å². The van der Waals surface area contributed by atoms with E-state index in [1.807, 2.05) is 66.1 Å². The Morgan fingerprint density at radius 3 is 2.35 bits per heavy atom. The van der Waals surface area contributed by atoms with Crippen LogP contribution < -0.4 is 0 Å². The molecule has 0 fully saturated rings. The Kier molecular flexibility index (Phi) is 4.80. The van der Waals surface area contributed by atoms with E-state index in [-0.39, 0.29) is 5.92 Å². The highest BCUT2D eigenvalue weighted by molar-refractivity contribution is 6.30. The van der Waals surface area contributed by atoms with Gasteiger partial charge in [-0.2, -0.15) is 5.10 Å². The first-order valence-corrected chi connectivity index (χ1v) is 8.89. The number of rotatable bonds is 4. The SMILES string of the molecule is Clc1ccc(C2C=NN(Cc3ccccc3)C=C2c2ccncc2)cc1. The Morgan fingerprint density at radius 1 is 0.885 bits per heavy atom. The summed E-state index contributed by atoms with van der Waals surface area (Å²) in [7, 11) is 0. The van der Waals surface area contributed by atoms with Gasteiger partial charge in [0.2, 0.25) is 0 Å². The van der Waals surface area contributed by atoms with Gasteiger partial charge in [0.05, 0.1) is 6.54 Å². The number of aromatic nitrogens is 1. The third-order valence-electron chi connectivity index (χ3n) is 4.42. The third-order valence-corrected chi connectivity index (χ3v) is 4.67. The molecule has 0 N–H and O–H groups in total. The van der Waals surface area contributed by atoms with Crippen molar-refractivity contribution in [2.45, 2.75) is 12.5 Å². The zero-order valence-corrected chi connectivity index (χ0v) is 14.9. The molecule has 0 amide bonds. The number of pyridine rings is 1. The molecule has 128 valence electrons. The van der Waals surface area contributed by atoms with Crippen LogP contribution >= 0.6 is 11.6 Å². The number of nitrogens with zero attached hydrogens (tertiary/aromatic N) is 3. The summed E-state index contributed by atoms with van der Waals surface area (Å²) in [5.41, 5.74) is 4.73. The first-order valence-electron chi connectivity index (χ1n) is 8.52. The maximum absolute atomic E-state index is 6.05. The van der Waals surface area contributed by atoms with Gasteiger partial charge in [-0.3, -0.25) is 9.99 Å². The van der Waals surface area contributed by atoms with Crippen molar-refractivity contribution in [3.05, 3.63) is 107 Å². The summed E-state index contributed by atoms with van der Waals surface area (Å²) < 4.78 is 0. The highest BCUT2D eigenvalue weighted by atomic mass is 35.5. The fraction of sp³-hybridized carbons (Fsp3) is 0.0909. The van der Waals surface area contributed by atoms with E-state index in [9.17, 15) is 0 Å². The number of allylic oxidation sites excluding steroid dienone is 1. The normalized spacial score (nSPS) is 16.4. The van der Waals surface area contributed by atoms with Crippen molar-refractivity contribution in [1.82, 2.24) is 9.99 Å². The fourth-order valence-corrected chi connectivity index (χ4v) is 3.22. The van der Waals surface area contributed by atoms with E-state index in [2.05, 4.69) is 40.6 Å². The van der Waals surface area contributed by atoms with Crippen molar-refractivity contribution in [3.63, 3.8) is 0 Å². The lowest BCUT2D eigenvalue weighted by atomic mass is 9.88. The van der Waals surface area contributed by atoms with Crippen molar-refractivity contribution < 1.29 is 0 Å². The summed E-state index contributed by atoms with van der Waals surface area (Å²) in [6, 6.07) is 22.4. The van der Waals surface area contributed by atoms with Gasteiger partial charge >= 0.3 is 0 Å². The van der Waals surface area contributed by atoms with Crippen LogP contribution in [0, 0.1) is 0 Å². The minimum absolute atomic E-state index is 0.0849. The van der Waals surface area contributed by atoms with Crippen LogP contribution in [-0.2, 0) is 6.54 Å². The molecular formula is C22H18ClN3. The summed E-state index contributed by atoms with van der Waals surface area (Å²) in [4.78, 5) is 4.14. The van der Waals surface area contributed by atoms with Gasteiger partial charge in [-0.05, 0) is 46.5 Å². The lowest BCUT2D eigenvalue weighted by molar-refractivity contribution is 0.389. The molecule has 4 heteroatoms. The Labute approximate surface area is 158 Å². The zero-order chi connectivity index (χ0) is 17.8. The first kappa shape index (κ1) is 16.6. The van der Waals surface area contributed by atoms with E-state index in [0.717, 1.165) is 17.1 Å². The van der Waals surface area contributed by atoms with E-state index in [1.54, 1.807) is 0 Å². The molecule has 3 nitrogen and oxygen atoms in total. The quantitative estimate of drug-likeness (QED) is 0.627. The molecule has 2 heterocycles. The third kappa shape index (κ3) is 3.68. The standard InChI is InChI=1S/C22H18ClN3/c23-20-8-6-18(7-9-20)21-14-25-26(15-17-4-2-1-3-5-17)16-22(21)19-10-12-24-13-11-19/h1-14,16,21H,15H2. The van der Waals surface area contributed by atoms with E-state index < -0.39 is 0 Å². The van der Waals surface area contributed by atoms with Gasteiger partial charge in [0.1, 0.15) is 0 Å². The van der Waals surface area contributed by atoms with Gasteiger partial charge in [0.25, 0.3) is 0 Å². The molecule has 1 aliphatic heterocycles. The summed E-state index contributed by atoms with van der Waals surface area (Å²) in [5, 5.41) is 7.39. The van der Waals surface area contributed by atoms with Crippen LogP contribution in [0.25, 0.3) is 5.57 Å². The van der Waals surface area contributed by atoms with E-state index in [0.29, 0.717) is 0 Å². The van der Waals surface area contributed by atoms with E-state index >= 15 is 0 Å². The minimum atomic E-state index is 0.0849. The van der Waals surface area contributed by atoms with Crippen LogP contribution in [0.5, 0.6) is 0 Å². The van der Waals surface area contributed by atoms with Gasteiger partial charge in [0, 0.05) is 35.7 Å². The molecule has 1 aromatic heterocycles. The van der Waals surface area contributed by atoms with E-state index in [4.69, 9.17) is 11.6 Å². The molecule has 4 rings (SSSR count). The van der Waals surface area contributed by atoms with Gasteiger partial charge in [0.15, 0.2) is 0 Å². The minimum Gasteiger partial charge on any atom is -0.268 e. The lowest BCUT2D eigenvalue weighted by Gasteiger charge is -2.26. The maximum atomic E-state index is 6.05. The van der Waals surface area contributed by atoms with E-state index in [1.165, 1.54) is 16.7 Å². The maximum Gasteiger partial charge on any atom is 0.0659 e. The van der Waals surface area contributed by atoms with Crippen molar-refractivity contribution >= 4 is 23.4 Å². The van der Waals surface area contributed by atoms with Gasteiger partial charge in [-0.15, -0.1) is 0 Å². The molecule has 0 spiro atoms. The molecule has 3 aromatic rings. The molecule has 26 heavy (non-hydrogen) atoms. The number of halogens is 1. The summed E-state index contributed by atoms with van der Waals surface area (Å²) in [5.74, 6) is 0.0849. The second-order valence-corrected chi connectivity index (χ2v) is 6.63. The summed E-state index contributed by atoms with van der Waals surface area (Å²) >= 11 is 6.05. The highest BCUT2D eigenvalue weighted by Crippen LogP contribution is 2.34. The average Bonchev–Trinajstić information content (AvgIpc) is 2.70. The number of hydrogen-bond donors (Lipinski definition) is 0. The molecule has 0 bridgehead atoms. The summed E-state index contributed by atoms with van der Waals surface area (Å²) in [6.45, 7) is 0.735. The Balaban J connectivity index is 1.68. The number of hydrazone groups is 1. The van der Waals surface area contributed by atoms with Crippen LogP contribution in [0.2, 0.25) is 5.02 Å². The Morgan fingerprint density at radius 2 is 1.62 bits per heavy atom. The summed E-state index contributed by atoms with van der Waals surface area (Å²) in [6.07, 6.45) is 7.77. The Bertz CT molecular complexity index is 919. The predicted octanol–water partition coefficient (Wildman–Crippen LogP) is 5.36. The topological polar surface area (TPSA) is 28.5 Å². The van der Waals surface area contributed by atoms with Gasteiger partial charge in [-0.25, -0.2) is 0 Å². The van der Waals surface area contributed by atoms with Crippen molar-refractivity contribution in [1.29, 1.82) is 0 Å². The Hall–Kier alpha value is -2.91. The second-order valence-electron chi connectivity index (χ2n) is 6.20. The highest BCUT2D eigenvalue weighted by Gasteiger charge is 2.21. The molecule has 1 aliphatic rings. The molecular weight excluding hydrogens is 342 g/mol. The van der Waals surface area contributed by atoms with Crippen LogP contribution in [0.1, 0.15) is 22.6 Å². The molecule has 0 radical (unpaired) electrons. The van der Waals surface area contributed by atoms with Gasteiger partial charge in [-0.1, -0.05) is 54.1 Å².